The molecule has 0 saturated heterocycles. The van der Waals surface area contributed by atoms with Crippen LogP contribution in [0, 0.1) is 0 Å². The molecular formula is C25H21N3O3. The standard InChI is InChI=1S/C25H21N3O3/c1-16(17-8-9-23-24(13-17)31-12-11-30-23)27-25(29)20-14-22(18-5-4-10-26-15-18)28-21-7-3-2-6-19(20)21/h2-10,13-16H,11-12H2,1H3,(H,27,29)/t16-/m1/s1. The number of ether oxygens (including phenoxy) is 2. The quantitative estimate of drug-likeness (QED) is 0.533. The molecule has 5 rings (SSSR count). The first-order valence-electron chi connectivity index (χ1n) is 10.2. The highest BCUT2D eigenvalue weighted by molar-refractivity contribution is 6.07. The van der Waals surface area contributed by atoms with E-state index in [1.54, 1.807) is 12.4 Å². The molecule has 1 N–H and O–H groups in total. The molecule has 1 aliphatic heterocycles. The van der Waals surface area contributed by atoms with Gasteiger partial charge in [-0.25, -0.2) is 4.98 Å². The SMILES string of the molecule is C[C@@H](NC(=O)c1cc(-c2cccnc2)nc2ccccc12)c1ccc2c(c1)OCCO2. The molecule has 0 fully saturated rings. The lowest BCUT2D eigenvalue weighted by Gasteiger charge is -2.21. The average Bonchev–Trinajstić information content (AvgIpc) is 2.83. The number of nitrogens with zero attached hydrogens (tertiary/aromatic N) is 2. The maximum atomic E-state index is 13.3. The van der Waals surface area contributed by atoms with Gasteiger partial charge in [-0.05, 0) is 48.9 Å². The summed E-state index contributed by atoms with van der Waals surface area (Å²) in [5, 5.41) is 3.92. The molecule has 6 heteroatoms. The van der Waals surface area contributed by atoms with Crippen molar-refractivity contribution in [2.45, 2.75) is 13.0 Å². The summed E-state index contributed by atoms with van der Waals surface area (Å²) in [7, 11) is 0. The van der Waals surface area contributed by atoms with Crippen LogP contribution in [0.1, 0.15) is 28.9 Å². The highest BCUT2D eigenvalue weighted by atomic mass is 16.6. The molecule has 2 aromatic carbocycles. The summed E-state index contributed by atoms with van der Waals surface area (Å²) in [6.45, 7) is 3.03. The number of nitrogens with one attached hydrogen (secondary N) is 1. The number of para-hydroxylation sites is 1. The molecule has 154 valence electrons. The number of benzene rings is 2. The van der Waals surface area contributed by atoms with Crippen molar-refractivity contribution in [2.75, 3.05) is 13.2 Å². The van der Waals surface area contributed by atoms with Crippen LogP contribution < -0.4 is 14.8 Å². The second-order valence-corrected chi connectivity index (χ2v) is 7.41. The van der Waals surface area contributed by atoms with E-state index in [1.807, 2.05) is 67.6 Å². The van der Waals surface area contributed by atoms with E-state index < -0.39 is 0 Å². The molecule has 1 aliphatic rings. The van der Waals surface area contributed by atoms with E-state index in [2.05, 4.69) is 10.3 Å². The van der Waals surface area contributed by atoms with Gasteiger partial charge in [0.2, 0.25) is 0 Å². The molecular weight excluding hydrogens is 390 g/mol. The van der Waals surface area contributed by atoms with Gasteiger partial charge in [0.25, 0.3) is 5.91 Å². The van der Waals surface area contributed by atoms with E-state index in [4.69, 9.17) is 14.5 Å². The van der Waals surface area contributed by atoms with E-state index in [-0.39, 0.29) is 11.9 Å². The third kappa shape index (κ3) is 3.80. The van der Waals surface area contributed by atoms with Crippen molar-refractivity contribution < 1.29 is 14.3 Å². The van der Waals surface area contributed by atoms with Gasteiger partial charge in [0.15, 0.2) is 11.5 Å². The summed E-state index contributed by atoms with van der Waals surface area (Å²) >= 11 is 0. The number of carbonyl (C=O) groups excluding carboxylic acids is 1. The van der Waals surface area contributed by atoms with Crippen LogP contribution >= 0.6 is 0 Å². The number of hydrogen-bond acceptors (Lipinski definition) is 5. The molecule has 0 aliphatic carbocycles. The summed E-state index contributed by atoms with van der Waals surface area (Å²) in [6, 6.07) is 18.8. The summed E-state index contributed by atoms with van der Waals surface area (Å²) in [5.74, 6) is 1.28. The molecule has 0 spiro atoms. The fourth-order valence-electron chi connectivity index (χ4n) is 3.71. The third-order valence-electron chi connectivity index (χ3n) is 5.33. The minimum Gasteiger partial charge on any atom is -0.486 e. The zero-order valence-corrected chi connectivity index (χ0v) is 17.0. The molecule has 1 amide bonds. The van der Waals surface area contributed by atoms with Crippen LogP contribution in [0.3, 0.4) is 0 Å². The summed E-state index contributed by atoms with van der Waals surface area (Å²) in [5.41, 5.74) is 3.87. The van der Waals surface area contributed by atoms with Gasteiger partial charge in [0.05, 0.1) is 22.8 Å². The Bertz CT molecular complexity index is 1260. The largest absolute Gasteiger partial charge is 0.486 e. The lowest BCUT2D eigenvalue weighted by atomic mass is 10.0. The third-order valence-corrected chi connectivity index (χ3v) is 5.33. The van der Waals surface area contributed by atoms with Gasteiger partial charge in [0.1, 0.15) is 13.2 Å². The van der Waals surface area contributed by atoms with Crippen LogP contribution in [-0.4, -0.2) is 29.1 Å². The Morgan fingerprint density at radius 3 is 2.68 bits per heavy atom. The number of hydrogen-bond donors (Lipinski definition) is 1. The van der Waals surface area contributed by atoms with Gasteiger partial charge in [-0.3, -0.25) is 9.78 Å². The Kier molecular flexibility index (Phi) is 4.96. The van der Waals surface area contributed by atoms with E-state index in [0.29, 0.717) is 30.2 Å². The van der Waals surface area contributed by atoms with Crippen molar-refractivity contribution >= 4 is 16.8 Å². The fraction of sp³-hybridized carbons (Fsp3) is 0.160. The van der Waals surface area contributed by atoms with Gasteiger partial charge in [-0.2, -0.15) is 0 Å². The highest BCUT2D eigenvalue weighted by Gasteiger charge is 2.19. The minimum atomic E-state index is -0.211. The lowest BCUT2D eigenvalue weighted by molar-refractivity contribution is 0.0941. The summed E-state index contributed by atoms with van der Waals surface area (Å²) in [6.07, 6.45) is 3.46. The second kappa shape index (κ2) is 8.07. The number of carbonyl (C=O) groups is 1. The maximum Gasteiger partial charge on any atom is 0.252 e. The maximum absolute atomic E-state index is 13.3. The highest BCUT2D eigenvalue weighted by Crippen LogP contribution is 2.33. The Morgan fingerprint density at radius 2 is 1.84 bits per heavy atom. The number of pyridine rings is 2. The minimum absolute atomic E-state index is 0.161. The van der Waals surface area contributed by atoms with E-state index in [0.717, 1.165) is 27.8 Å². The van der Waals surface area contributed by atoms with Crippen molar-refractivity contribution in [1.29, 1.82) is 0 Å². The second-order valence-electron chi connectivity index (χ2n) is 7.41. The lowest BCUT2D eigenvalue weighted by Crippen LogP contribution is -2.27. The van der Waals surface area contributed by atoms with Crippen LogP contribution in [-0.2, 0) is 0 Å². The number of rotatable bonds is 4. The number of fused-ring (bicyclic) bond motifs is 2. The van der Waals surface area contributed by atoms with Gasteiger partial charge >= 0.3 is 0 Å². The van der Waals surface area contributed by atoms with Gasteiger partial charge in [-0.15, -0.1) is 0 Å². The van der Waals surface area contributed by atoms with Crippen molar-refractivity contribution in [2.24, 2.45) is 0 Å². The molecule has 2 aromatic heterocycles. The molecule has 4 aromatic rings. The number of amides is 1. The topological polar surface area (TPSA) is 73.3 Å². The molecule has 6 nitrogen and oxygen atoms in total. The molecule has 3 heterocycles. The van der Waals surface area contributed by atoms with Crippen LogP contribution in [0.15, 0.2) is 73.1 Å². The van der Waals surface area contributed by atoms with Crippen molar-refractivity contribution in [3.05, 3.63) is 84.2 Å². The molecule has 0 radical (unpaired) electrons. The zero-order chi connectivity index (χ0) is 21.2. The Labute approximate surface area is 179 Å². The normalized spacial score (nSPS) is 13.6. The fourth-order valence-corrected chi connectivity index (χ4v) is 3.71. The van der Waals surface area contributed by atoms with Crippen LogP contribution in [0.4, 0.5) is 0 Å². The monoisotopic (exact) mass is 411 g/mol. The first-order chi connectivity index (χ1) is 15.2. The summed E-state index contributed by atoms with van der Waals surface area (Å²) in [4.78, 5) is 22.2. The Morgan fingerprint density at radius 1 is 1.00 bits per heavy atom. The van der Waals surface area contributed by atoms with Crippen molar-refractivity contribution in [3.8, 4) is 22.8 Å². The van der Waals surface area contributed by atoms with Crippen molar-refractivity contribution in [1.82, 2.24) is 15.3 Å². The van der Waals surface area contributed by atoms with Crippen LogP contribution in [0.5, 0.6) is 11.5 Å². The van der Waals surface area contributed by atoms with Gasteiger partial charge in [-0.1, -0.05) is 24.3 Å². The predicted molar refractivity (Wildman–Crippen MR) is 118 cm³/mol. The van der Waals surface area contributed by atoms with E-state index >= 15 is 0 Å². The molecule has 0 unspecified atom stereocenters. The molecule has 0 bridgehead atoms. The number of aromatic nitrogens is 2. The Balaban J connectivity index is 1.48. The van der Waals surface area contributed by atoms with E-state index in [9.17, 15) is 4.79 Å². The predicted octanol–water partition coefficient (Wildman–Crippen LogP) is 4.56. The zero-order valence-electron chi connectivity index (χ0n) is 17.0. The first-order valence-corrected chi connectivity index (χ1v) is 10.2. The molecule has 1 atom stereocenters. The average molecular weight is 411 g/mol. The Hall–Kier alpha value is -3.93. The molecule has 0 saturated carbocycles. The van der Waals surface area contributed by atoms with Crippen molar-refractivity contribution in [3.63, 3.8) is 0 Å². The van der Waals surface area contributed by atoms with Crippen LogP contribution in [0.2, 0.25) is 0 Å². The van der Waals surface area contributed by atoms with Gasteiger partial charge < -0.3 is 14.8 Å². The smallest absolute Gasteiger partial charge is 0.252 e. The summed E-state index contributed by atoms with van der Waals surface area (Å²) < 4.78 is 11.3. The van der Waals surface area contributed by atoms with Crippen LogP contribution in [0.25, 0.3) is 22.2 Å². The van der Waals surface area contributed by atoms with E-state index in [1.165, 1.54) is 0 Å². The first kappa shape index (κ1) is 19.1. The van der Waals surface area contributed by atoms with Gasteiger partial charge in [0, 0.05) is 23.3 Å². The molecule has 31 heavy (non-hydrogen) atoms.